The number of hydrogen-bond donors (Lipinski definition) is 1. The molecule has 0 amide bonds. The van der Waals surface area contributed by atoms with E-state index in [0.717, 1.165) is 0 Å². The number of rotatable bonds is 0. The van der Waals surface area contributed by atoms with Crippen LogP contribution in [-0.4, -0.2) is 23.6 Å². The lowest BCUT2D eigenvalue weighted by molar-refractivity contribution is -0.141. The predicted molar refractivity (Wildman–Crippen MR) is 48.4 cm³/mol. The van der Waals surface area contributed by atoms with Crippen LogP contribution in [0.1, 0.15) is 11.3 Å². The van der Waals surface area contributed by atoms with Gasteiger partial charge in [0, 0.05) is 19.2 Å². The van der Waals surface area contributed by atoms with Crippen LogP contribution < -0.4 is 10.6 Å². The topological polar surface area (TPSA) is 55.0 Å². The van der Waals surface area contributed by atoms with Gasteiger partial charge in [-0.15, -0.1) is 0 Å². The first-order chi connectivity index (χ1) is 6.89. The number of nitrogens with two attached hydrogens (primary N) is 1. The summed E-state index contributed by atoms with van der Waals surface area (Å²) in [6, 6.07) is 0. The van der Waals surface area contributed by atoms with Crippen LogP contribution in [0.4, 0.5) is 24.9 Å². The lowest BCUT2D eigenvalue weighted by Crippen LogP contribution is -2.16. The number of nitrogens with zero attached hydrogens (tertiary/aromatic N) is 3. The lowest BCUT2D eigenvalue weighted by Gasteiger charge is -2.13. The minimum atomic E-state index is -4.47. The smallest absolute Gasteiger partial charge is 0.368 e. The summed E-state index contributed by atoms with van der Waals surface area (Å²) < 4.78 is 37.8. The zero-order valence-electron chi connectivity index (χ0n) is 7.97. The Kier molecular flexibility index (Phi) is 1.99. The Balaban J connectivity index is 2.62. The highest BCUT2D eigenvalue weighted by atomic mass is 19.4. The third-order valence-electron chi connectivity index (χ3n) is 2.33. The second-order valence-corrected chi connectivity index (χ2v) is 3.40. The van der Waals surface area contributed by atoms with Crippen LogP contribution in [0, 0.1) is 0 Å². The molecule has 0 spiro atoms. The van der Waals surface area contributed by atoms with Gasteiger partial charge in [0.15, 0.2) is 5.69 Å². The van der Waals surface area contributed by atoms with Crippen LogP contribution in [0.15, 0.2) is 0 Å². The van der Waals surface area contributed by atoms with E-state index in [0.29, 0.717) is 13.0 Å². The quantitative estimate of drug-likeness (QED) is 0.707. The average molecular weight is 218 g/mol. The zero-order valence-corrected chi connectivity index (χ0v) is 7.97. The van der Waals surface area contributed by atoms with Gasteiger partial charge in [0.05, 0.1) is 0 Å². The van der Waals surface area contributed by atoms with Crippen LogP contribution in [-0.2, 0) is 12.6 Å². The maximum Gasteiger partial charge on any atom is 0.433 e. The number of anilines is 2. The van der Waals surface area contributed by atoms with Gasteiger partial charge >= 0.3 is 6.18 Å². The largest absolute Gasteiger partial charge is 0.433 e. The van der Waals surface area contributed by atoms with E-state index in [-0.39, 0.29) is 17.3 Å². The summed E-state index contributed by atoms with van der Waals surface area (Å²) in [5.41, 5.74) is 4.47. The third kappa shape index (κ3) is 1.57. The van der Waals surface area contributed by atoms with E-state index in [4.69, 9.17) is 5.73 Å². The van der Waals surface area contributed by atoms with Crippen molar-refractivity contribution in [1.82, 2.24) is 9.97 Å². The van der Waals surface area contributed by atoms with Crippen LogP contribution in [0.2, 0.25) is 0 Å². The van der Waals surface area contributed by atoms with Crippen LogP contribution >= 0.6 is 0 Å². The van der Waals surface area contributed by atoms with Gasteiger partial charge in [-0.1, -0.05) is 0 Å². The fourth-order valence-electron chi connectivity index (χ4n) is 1.65. The number of fused-ring (bicyclic) bond motifs is 1. The van der Waals surface area contributed by atoms with Crippen molar-refractivity contribution in [2.75, 3.05) is 24.2 Å². The SMILES string of the molecule is CN1CCc2c1nc(N)nc2C(F)(F)F. The maximum atomic E-state index is 12.6. The highest BCUT2D eigenvalue weighted by molar-refractivity contribution is 5.56. The van der Waals surface area contributed by atoms with E-state index < -0.39 is 11.9 Å². The van der Waals surface area contributed by atoms with Crippen molar-refractivity contribution in [3.8, 4) is 0 Å². The molecule has 0 aromatic carbocycles. The van der Waals surface area contributed by atoms with E-state index in [1.54, 1.807) is 11.9 Å². The number of likely N-dealkylation sites (N-methyl/N-ethyl adjacent to an activating group) is 1. The summed E-state index contributed by atoms with van der Waals surface area (Å²) in [5.74, 6) is -0.0513. The fraction of sp³-hybridized carbons (Fsp3) is 0.500. The minimum absolute atomic E-state index is 0.138. The van der Waals surface area contributed by atoms with Crippen molar-refractivity contribution in [2.45, 2.75) is 12.6 Å². The van der Waals surface area contributed by atoms with Gasteiger partial charge in [0.2, 0.25) is 5.95 Å². The fourth-order valence-corrected chi connectivity index (χ4v) is 1.65. The molecule has 0 unspecified atom stereocenters. The summed E-state index contributed by atoms with van der Waals surface area (Å²) in [7, 11) is 1.68. The maximum absolute atomic E-state index is 12.6. The molecule has 2 rings (SSSR count). The molecule has 4 nitrogen and oxygen atoms in total. The number of alkyl halides is 3. The molecule has 1 aromatic rings. The summed E-state index contributed by atoms with van der Waals surface area (Å²) in [5, 5.41) is 0. The molecule has 0 saturated carbocycles. The van der Waals surface area contributed by atoms with Gasteiger partial charge in [-0.3, -0.25) is 0 Å². The molecule has 15 heavy (non-hydrogen) atoms. The standard InChI is InChI=1S/C8H9F3N4/c1-15-3-2-4-5(8(9,10)11)13-7(12)14-6(4)15/h2-3H2,1H3,(H2,12,13,14). The molecular weight excluding hydrogens is 209 g/mol. The van der Waals surface area contributed by atoms with Gasteiger partial charge in [0.1, 0.15) is 5.82 Å². The molecule has 2 N–H and O–H groups in total. The first kappa shape index (κ1) is 10.0. The summed E-state index contributed by atoms with van der Waals surface area (Å²) >= 11 is 0. The Morgan fingerprint density at radius 3 is 2.60 bits per heavy atom. The Labute approximate surface area is 83.9 Å². The van der Waals surface area contributed by atoms with Crippen molar-refractivity contribution in [3.05, 3.63) is 11.3 Å². The van der Waals surface area contributed by atoms with E-state index in [9.17, 15) is 13.2 Å². The van der Waals surface area contributed by atoms with Gasteiger partial charge in [-0.05, 0) is 6.42 Å². The van der Waals surface area contributed by atoms with Gasteiger partial charge in [-0.25, -0.2) is 4.98 Å². The Morgan fingerprint density at radius 1 is 1.33 bits per heavy atom. The highest BCUT2D eigenvalue weighted by Crippen LogP contribution is 2.37. The van der Waals surface area contributed by atoms with Gasteiger partial charge < -0.3 is 10.6 Å². The van der Waals surface area contributed by atoms with Crippen molar-refractivity contribution in [3.63, 3.8) is 0 Å². The average Bonchev–Trinajstić information content (AvgIpc) is 2.45. The summed E-state index contributed by atoms with van der Waals surface area (Å²) in [6.45, 7) is 0.510. The molecule has 0 radical (unpaired) electrons. The molecule has 1 aromatic heterocycles. The molecule has 0 aliphatic carbocycles. The first-order valence-electron chi connectivity index (χ1n) is 4.34. The van der Waals surface area contributed by atoms with Gasteiger partial charge in [0.25, 0.3) is 0 Å². The molecule has 0 fully saturated rings. The molecule has 0 atom stereocenters. The second-order valence-electron chi connectivity index (χ2n) is 3.40. The molecule has 1 aliphatic rings. The number of aromatic nitrogens is 2. The minimum Gasteiger partial charge on any atom is -0.368 e. The van der Waals surface area contributed by atoms with Gasteiger partial charge in [-0.2, -0.15) is 18.2 Å². The Morgan fingerprint density at radius 2 is 2.00 bits per heavy atom. The van der Waals surface area contributed by atoms with E-state index >= 15 is 0 Å². The summed E-state index contributed by atoms with van der Waals surface area (Å²) in [4.78, 5) is 8.71. The molecule has 2 heterocycles. The molecular formula is C8H9F3N4. The molecule has 1 aliphatic heterocycles. The van der Waals surface area contributed by atoms with Crippen molar-refractivity contribution in [2.24, 2.45) is 0 Å². The van der Waals surface area contributed by atoms with Crippen LogP contribution in [0.5, 0.6) is 0 Å². The third-order valence-corrected chi connectivity index (χ3v) is 2.33. The first-order valence-corrected chi connectivity index (χ1v) is 4.34. The van der Waals surface area contributed by atoms with Crippen molar-refractivity contribution < 1.29 is 13.2 Å². The normalized spacial score (nSPS) is 15.6. The van der Waals surface area contributed by atoms with Crippen LogP contribution in [0.3, 0.4) is 0 Å². The van der Waals surface area contributed by atoms with Crippen molar-refractivity contribution >= 4 is 11.8 Å². The molecule has 7 heteroatoms. The van der Waals surface area contributed by atoms with E-state index in [1.807, 2.05) is 0 Å². The molecule has 0 bridgehead atoms. The monoisotopic (exact) mass is 218 g/mol. The second kappa shape index (κ2) is 2.98. The molecule has 0 saturated heterocycles. The van der Waals surface area contributed by atoms with Crippen LogP contribution in [0.25, 0.3) is 0 Å². The number of hydrogen-bond acceptors (Lipinski definition) is 4. The molecule has 82 valence electrons. The number of halogens is 3. The Hall–Kier alpha value is -1.53. The highest BCUT2D eigenvalue weighted by Gasteiger charge is 2.39. The summed E-state index contributed by atoms with van der Waals surface area (Å²) in [6.07, 6.45) is -4.16. The van der Waals surface area contributed by atoms with E-state index in [2.05, 4.69) is 9.97 Å². The lowest BCUT2D eigenvalue weighted by atomic mass is 10.2. The van der Waals surface area contributed by atoms with Crippen molar-refractivity contribution in [1.29, 1.82) is 0 Å². The Bertz CT molecular complexity index is 402. The van der Waals surface area contributed by atoms with E-state index in [1.165, 1.54) is 0 Å². The predicted octanol–water partition coefficient (Wildman–Crippen LogP) is 1.07. The number of nitrogen functional groups attached to an aromatic ring is 1. The zero-order chi connectivity index (χ0) is 11.2.